The van der Waals surface area contributed by atoms with E-state index >= 15 is 0 Å². The van der Waals surface area contributed by atoms with E-state index in [1.54, 1.807) is 25.5 Å². The zero-order valence-electron chi connectivity index (χ0n) is 17.4. The Morgan fingerprint density at radius 1 is 1.25 bits per heavy atom. The second kappa shape index (κ2) is 8.01. The molecule has 0 unspecified atom stereocenters. The van der Waals surface area contributed by atoms with Crippen LogP contribution in [-0.2, 0) is 6.54 Å². The largest absolute Gasteiger partial charge is 0.354 e. The van der Waals surface area contributed by atoms with Gasteiger partial charge in [-0.15, -0.1) is 0 Å². The molecule has 1 aliphatic rings. The van der Waals surface area contributed by atoms with E-state index in [0.717, 1.165) is 30.8 Å². The van der Waals surface area contributed by atoms with Gasteiger partial charge < -0.3 is 14.7 Å². The number of carbonyl (C=O) groups is 1. The van der Waals surface area contributed by atoms with Gasteiger partial charge in [-0.1, -0.05) is 12.1 Å². The van der Waals surface area contributed by atoms with Gasteiger partial charge in [0, 0.05) is 39.1 Å². The number of H-pyrrole nitrogens is 1. The molecule has 162 valence electrons. The molecular weight excluding hydrogens is 411 g/mol. The lowest BCUT2D eigenvalue weighted by Crippen LogP contribution is -2.28. The third-order valence-corrected chi connectivity index (χ3v) is 5.77. The van der Waals surface area contributed by atoms with Crippen molar-refractivity contribution in [2.75, 3.05) is 20.1 Å². The lowest BCUT2D eigenvalue weighted by Gasteiger charge is -2.26. The van der Waals surface area contributed by atoms with Gasteiger partial charge in [-0.05, 0) is 35.8 Å². The molecule has 8 nitrogen and oxygen atoms in total. The standard InChI is InChI=1S/C23H21FN6O2/c1-25-22(31)18-3-2-15(11-27-18)14-4-7-29(8-5-14)13-16-10-19-20(12-26-16)30-9-6-17(24)21(30)23(32)28-19/h2-4,6,9-12H,5,7-8,13H2,1H3,(H,25,31)(H,28,32). The minimum atomic E-state index is -0.549. The van der Waals surface area contributed by atoms with Gasteiger partial charge in [0.25, 0.3) is 11.5 Å². The first-order valence-electron chi connectivity index (χ1n) is 10.3. The summed E-state index contributed by atoms with van der Waals surface area (Å²) in [6.45, 7) is 2.24. The number of nitrogens with one attached hydrogen (secondary N) is 2. The van der Waals surface area contributed by atoms with E-state index in [2.05, 4.69) is 31.2 Å². The molecule has 5 heterocycles. The summed E-state index contributed by atoms with van der Waals surface area (Å²) in [5.41, 5.74) is 4.26. The van der Waals surface area contributed by atoms with Gasteiger partial charge in [0.05, 0.1) is 22.9 Å². The van der Waals surface area contributed by atoms with Gasteiger partial charge in [0.1, 0.15) is 11.2 Å². The van der Waals surface area contributed by atoms with Crippen molar-refractivity contribution in [2.24, 2.45) is 0 Å². The lowest BCUT2D eigenvalue weighted by molar-refractivity contribution is 0.0958. The molecule has 0 saturated carbocycles. The molecule has 0 bridgehead atoms. The molecule has 1 amide bonds. The molecule has 0 aliphatic carbocycles. The minimum Gasteiger partial charge on any atom is -0.354 e. The van der Waals surface area contributed by atoms with Crippen molar-refractivity contribution in [3.63, 3.8) is 0 Å². The average Bonchev–Trinajstić information content (AvgIpc) is 3.21. The maximum absolute atomic E-state index is 13.9. The van der Waals surface area contributed by atoms with Gasteiger partial charge in [-0.25, -0.2) is 4.39 Å². The number of pyridine rings is 2. The number of carbonyl (C=O) groups excluding carboxylic acids is 1. The maximum Gasteiger partial charge on any atom is 0.275 e. The normalized spacial score (nSPS) is 14.6. The summed E-state index contributed by atoms with van der Waals surface area (Å²) in [5, 5.41) is 2.57. The zero-order valence-corrected chi connectivity index (χ0v) is 17.4. The maximum atomic E-state index is 13.9. The Morgan fingerprint density at radius 3 is 2.84 bits per heavy atom. The van der Waals surface area contributed by atoms with Crippen LogP contribution >= 0.6 is 0 Å². The van der Waals surface area contributed by atoms with E-state index in [1.807, 2.05) is 12.1 Å². The molecule has 32 heavy (non-hydrogen) atoms. The highest BCUT2D eigenvalue weighted by Crippen LogP contribution is 2.23. The van der Waals surface area contributed by atoms with Crippen molar-refractivity contribution in [2.45, 2.75) is 13.0 Å². The Balaban J connectivity index is 1.32. The third-order valence-electron chi connectivity index (χ3n) is 5.77. The Kier molecular flexibility index (Phi) is 5.02. The number of aromatic nitrogens is 4. The van der Waals surface area contributed by atoms with E-state index in [9.17, 15) is 14.0 Å². The smallest absolute Gasteiger partial charge is 0.275 e. The highest BCUT2D eigenvalue weighted by molar-refractivity contribution is 5.92. The van der Waals surface area contributed by atoms with E-state index in [0.29, 0.717) is 23.3 Å². The monoisotopic (exact) mass is 432 g/mol. The predicted octanol–water partition coefficient (Wildman–Crippen LogP) is 2.36. The number of hydrogen-bond acceptors (Lipinski definition) is 5. The molecule has 0 atom stereocenters. The fourth-order valence-electron chi connectivity index (χ4n) is 4.07. The van der Waals surface area contributed by atoms with Crippen LogP contribution in [0.5, 0.6) is 0 Å². The number of amides is 1. The predicted molar refractivity (Wildman–Crippen MR) is 119 cm³/mol. The van der Waals surface area contributed by atoms with Gasteiger partial charge in [0.2, 0.25) is 0 Å². The number of hydrogen-bond donors (Lipinski definition) is 2. The highest BCUT2D eigenvalue weighted by Gasteiger charge is 2.16. The van der Waals surface area contributed by atoms with Crippen molar-refractivity contribution >= 4 is 28.0 Å². The van der Waals surface area contributed by atoms with Crippen LogP contribution in [0, 0.1) is 5.82 Å². The average molecular weight is 432 g/mol. The van der Waals surface area contributed by atoms with Gasteiger partial charge >= 0.3 is 0 Å². The van der Waals surface area contributed by atoms with Gasteiger partial charge in [-0.3, -0.25) is 24.5 Å². The zero-order chi connectivity index (χ0) is 22.2. The summed E-state index contributed by atoms with van der Waals surface area (Å²) in [6, 6.07) is 6.77. The molecule has 0 saturated heterocycles. The summed E-state index contributed by atoms with van der Waals surface area (Å²) in [7, 11) is 1.58. The molecule has 0 fully saturated rings. The van der Waals surface area contributed by atoms with Gasteiger partial charge in [-0.2, -0.15) is 0 Å². The molecule has 1 aliphatic heterocycles. The number of halogens is 1. The van der Waals surface area contributed by atoms with Crippen LogP contribution in [0.3, 0.4) is 0 Å². The number of fused-ring (bicyclic) bond motifs is 3. The molecular formula is C23H21FN6O2. The Labute approximate surface area is 182 Å². The van der Waals surface area contributed by atoms with Crippen molar-refractivity contribution < 1.29 is 9.18 Å². The van der Waals surface area contributed by atoms with Crippen LogP contribution in [0.1, 0.15) is 28.2 Å². The molecule has 2 N–H and O–H groups in total. The minimum absolute atomic E-state index is 0.00130. The first-order valence-corrected chi connectivity index (χ1v) is 10.3. The van der Waals surface area contributed by atoms with Gasteiger partial charge in [0.15, 0.2) is 5.82 Å². The van der Waals surface area contributed by atoms with E-state index in [1.165, 1.54) is 22.2 Å². The fourth-order valence-corrected chi connectivity index (χ4v) is 4.07. The van der Waals surface area contributed by atoms with Crippen molar-refractivity contribution in [3.8, 4) is 0 Å². The van der Waals surface area contributed by atoms with E-state index in [-0.39, 0.29) is 11.4 Å². The van der Waals surface area contributed by atoms with E-state index < -0.39 is 11.4 Å². The lowest BCUT2D eigenvalue weighted by atomic mass is 10.0. The van der Waals surface area contributed by atoms with Crippen LogP contribution in [-0.4, -0.2) is 50.3 Å². The molecule has 0 aromatic carbocycles. The second-order valence-electron chi connectivity index (χ2n) is 7.75. The van der Waals surface area contributed by atoms with Crippen LogP contribution in [0.4, 0.5) is 4.39 Å². The fraction of sp³-hybridized carbons (Fsp3) is 0.217. The van der Waals surface area contributed by atoms with Crippen LogP contribution in [0.15, 0.2) is 53.7 Å². The molecule has 0 spiro atoms. The highest BCUT2D eigenvalue weighted by atomic mass is 19.1. The summed E-state index contributed by atoms with van der Waals surface area (Å²) in [5.74, 6) is -0.751. The molecule has 0 radical (unpaired) electrons. The Hall–Kier alpha value is -3.85. The number of nitrogens with zero attached hydrogens (tertiary/aromatic N) is 4. The quantitative estimate of drug-likeness (QED) is 0.516. The third kappa shape index (κ3) is 3.56. The van der Waals surface area contributed by atoms with Crippen LogP contribution < -0.4 is 10.9 Å². The second-order valence-corrected chi connectivity index (χ2v) is 7.75. The number of rotatable bonds is 4. The molecule has 4 aromatic heterocycles. The first-order chi connectivity index (χ1) is 15.5. The topological polar surface area (TPSA) is 95.4 Å². The number of aromatic amines is 1. The Morgan fingerprint density at radius 2 is 2.12 bits per heavy atom. The first kappa shape index (κ1) is 20.1. The Bertz CT molecular complexity index is 1420. The van der Waals surface area contributed by atoms with Crippen LogP contribution in [0.25, 0.3) is 22.1 Å². The molecule has 4 aromatic rings. The molecule has 5 rings (SSSR count). The van der Waals surface area contributed by atoms with E-state index in [4.69, 9.17) is 0 Å². The van der Waals surface area contributed by atoms with Crippen molar-refractivity contribution in [3.05, 3.63) is 82.1 Å². The summed E-state index contributed by atoms with van der Waals surface area (Å²) >= 11 is 0. The molecule has 9 heteroatoms. The van der Waals surface area contributed by atoms with Crippen molar-refractivity contribution in [1.82, 2.24) is 29.6 Å². The summed E-state index contributed by atoms with van der Waals surface area (Å²) in [6.07, 6.45) is 7.95. The SMILES string of the molecule is CNC(=O)c1ccc(C2=CCN(Cc3cc4[nH]c(=O)c5c(F)ccn5c4cn3)CC2)cn1. The van der Waals surface area contributed by atoms with Crippen molar-refractivity contribution in [1.29, 1.82) is 0 Å². The summed E-state index contributed by atoms with van der Waals surface area (Å²) < 4.78 is 15.4. The van der Waals surface area contributed by atoms with Crippen LogP contribution in [0.2, 0.25) is 0 Å². The summed E-state index contributed by atoms with van der Waals surface area (Å²) in [4.78, 5) is 37.7.